The summed E-state index contributed by atoms with van der Waals surface area (Å²) < 4.78 is 9.72. The number of imidazole rings is 1. The Balaban J connectivity index is 2.66. The van der Waals surface area contributed by atoms with E-state index in [0.717, 1.165) is 26.1 Å². The highest BCUT2D eigenvalue weighted by Gasteiger charge is 2.13. The molecule has 1 heterocycles. The maximum Gasteiger partial charge on any atom is 0.256 e. The van der Waals surface area contributed by atoms with E-state index >= 15 is 0 Å². The minimum atomic E-state index is 0.782. The second kappa shape index (κ2) is 6.90. The first-order valence-corrected chi connectivity index (χ1v) is 6.78. The van der Waals surface area contributed by atoms with Gasteiger partial charge in [0.1, 0.15) is 18.9 Å². The Kier molecular flexibility index (Phi) is 5.79. The van der Waals surface area contributed by atoms with E-state index in [4.69, 9.17) is 4.74 Å². The molecule has 1 rings (SSSR count). The van der Waals surface area contributed by atoms with E-state index in [1.165, 1.54) is 11.6 Å². The van der Waals surface area contributed by atoms with Gasteiger partial charge in [-0.2, -0.15) is 11.8 Å². The molecule has 3 nitrogen and oxygen atoms in total. The molecule has 0 spiro atoms. The lowest BCUT2D eigenvalue weighted by atomic mass is 10.4. The Morgan fingerprint density at radius 2 is 2.33 bits per heavy atom. The molecule has 0 saturated carbocycles. The second-order valence-electron chi connectivity index (χ2n) is 3.44. The smallest absolute Gasteiger partial charge is 0.256 e. The van der Waals surface area contributed by atoms with Gasteiger partial charge in [0.15, 0.2) is 0 Å². The molecule has 0 aliphatic heterocycles. The zero-order valence-electron chi connectivity index (χ0n) is 9.90. The molecule has 0 amide bonds. The van der Waals surface area contributed by atoms with Crippen LogP contribution in [-0.2, 0) is 24.2 Å². The molecule has 86 valence electrons. The topological polar surface area (TPSA) is 18.0 Å². The first-order chi connectivity index (χ1) is 7.33. The molecule has 0 bridgehead atoms. The zero-order chi connectivity index (χ0) is 11.1. The van der Waals surface area contributed by atoms with Crippen LogP contribution < -0.4 is 4.57 Å². The molecule has 0 aliphatic rings. The third-order valence-corrected chi connectivity index (χ3v) is 3.07. The van der Waals surface area contributed by atoms with Gasteiger partial charge in [-0.05, 0) is 6.26 Å². The van der Waals surface area contributed by atoms with Crippen molar-refractivity contribution in [3.63, 3.8) is 0 Å². The van der Waals surface area contributed by atoms with Crippen LogP contribution in [0.5, 0.6) is 0 Å². The van der Waals surface area contributed by atoms with Crippen LogP contribution in [0.15, 0.2) is 12.4 Å². The van der Waals surface area contributed by atoms with Gasteiger partial charge >= 0.3 is 0 Å². The summed E-state index contributed by atoms with van der Waals surface area (Å²) in [5.74, 6) is 2.56. The van der Waals surface area contributed by atoms with Crippen molar-refractivity contribution in [3.8, 4) is 0 Å². The molecular formula is C11H21N2OS+. The summed E-state index contributed by atoms with van der Waals surface area (Å²) >= 11 is 1.89. The van der Waals surface area contributed by atoms with Gasteiger partial charge in [0.05, 0.1) is 13.2 Å². The van der Waals surface area contributed by atoms with Crippen LogP contribution in [0.4, 0.5) is 0 Å². The second-order valence-corrected chi connectivity index (χ2v) is 4.43. The van der Waals surface area contributed by atoms with Gasteiger partial charge in [0.25, 0.3) is 5.82 Å². The van der Waals surface area contributed by atoms with Crippen molar-refractivity contribution in [2.45, 2.75) is 26.4 Å². The van der Waals surface area contributed by atoms with Gasteiger partial charge < -0.3 is 4.74 Å². The molecule has 0 aromatic carbocycles. The predicted octanol–water partition coefficient (Wildman–Crippen LogP) is 1.35. The molecular weight excluding hydrogens is 208 g/mol. The van der Waals surface area contributed by atoms with E-state index in [-0.39, 0.29) is 0 Å². The third kappa shape index (κ3) is 3.54. The molecule has 0 N–H and O–H groups in total. The van der Waals surface area contributed by atoms with Crippen LogP contribution in [-0.4, -0.2) is 30.3 Å². The summed E-state index contributed by atoms with van der Waals surface area (Å²) in [6.45, 7) is 5.04. The summed E-state index contributed by atoms with van der Waals surface area (Å²) in [7, 11) is 1.75. The fraction of sp³-hybridized carbons (Fsp3) is 0.727. The quantitative estimate of drug-likeness (QED) is 0.657. The number of ether oxygens (including phenoxy) is 1. The van der Waals surface area contributed by atoms with Crippen molar-refractivity contribution in [1.82, 2.24) is 4.57 Å². The fourth-order valence-electron chi connectivity index (χ4n) is 1.69. The van der Waals surface area contributed by atoms with Crippen LogP contribution in [0, 0.1) is 0 Å². The first kappa shape index (κ1) is 12.6. The van der Waals surface area contributed by atoms with Crippen LogP contribution >= 0.6 is 11.8 Å². The molecule has 1 aromatic rings. The summed E-state index contributed by atoms with van der Waals surface area (Å²) in [6.07, 6.45) is 7.54. The fourth-order valence-corrected chi connectivity index (χ4v) is 2.07. The Morgan fingerprint density at radius 3 is 2.93 bits per heavy atom. The van der Waals surface area contributed by atoms with Gasteiger partial charge in [-0.25, -0.2) is 9.13 Å². The van der Waals surface area contributed by atoms with E-state index < -0.39 is 0 Å². The van der Waals surface area contributed by atoms with Crippen molar-refractivity contribution in [1.29, 1.82) is 0 Å². The van der Waals surface area contributed by atoms with Crippen molar-refractivity contribution >= 4 is 11.8 Å². The average molecular weight is 229 g/mol. The highest BCUT2D eigenvalue weighted by Crippen LogP contribution is 2.00. The van der Waals surface area contributed by atoms with Gasteiger partial charge in [-0.1, -0.05) is 6.92 Å². The molecule has 15 heavy (non-hydrogen) atoms. The van der Waals surface area contributed by atoms with Gasteiger partial charge in [-0.3, -0.25) is 0 Å². The minimum absolute atomic E-state index is 0.782. The summed E-state index contributed by atoms with van der Waals surface area (Å²) in [5.41, 5.74) is 0. The Labute approximate surface area is 96.4 Å². The molecule has 0 fully saturated rings. The monoisotopic (exact) mass is 229 g/mol. The lowest BCUT2D eigenvalue weighted by Gasteiger charge is -2.02. The first-order valence-electron chi connectivity index (χ1n) is 5.38. The van der Waals surface area contributed by atoms with E-state index in [1.807, 2.05) is 11.8 Å². The zero-order valence-corrected chi connectivity index (χ0v) is 10.7. The number of hydrogen-bond acceptors (Lipinski definition) is 2. The predicted molar refractivity (Wildman–Crippen MR) is 64.3 cm³/mol. The van der Waals surface area contributed by atoms with Gasteiger partial charge in [-0.15, -0.1) is 0 Å². The number of nitrogens with zero attached hydrogens (tertiary/aromatic N) is 2. The maximum atomic E-state index is 5.10. The van der Waals surface area contributed by atoms with Crippen molar-refractivity contribution in [3.05, 3.63) is 18.2 Å². The summed E-state index contributed by atoms with van der Waals surface area (Å²) in [6, 6.07) is 0. The third-order valence-electron chi connectivity index (χ3n) is 2.48. The molecule has 0 saturated heterocycles. The van der Waals surface area contributed by atoms with E-state index in [0.29, 0.717) is 0 Å². The van der Waals surface area contributed by atoms with E-state index in [2.05, 4.69) is 34.7 Å². The molecule has 0 atom stereocenters. The van der Waals surface area contributed by atoms with Crippen molar-refractivity contribution in [2.24, 2.45) is 0 Å². The largest absolute Gasteiger partial charge is 0.381 e. The highest BCUT2D eigenvalue weighted by atomic mass is 32.2. The normalized spacial score (nSPS) is 10.9. The Hall–Kier alpha value is -0.480. The standard InChI is InChI=1S/C11H21N2OS/c1-4-11-12(7-9-14-2)5-6-13(11)8-10-15-3/h5-6H,4,7-10H2,1-3H3/q+1. The maximum absolute atomic E-state index is 5.10. The van der Waals surface area contributed by atoms with Crippen molar-refractivity contribution < 1.29 is 9.30 Å². The SMILES string of the molecule is CCc1n(CCSC)cc[n+]1CCOC. The van der Waals surface area contributed by atoms with Crippen LogP contribution in [0.3, 0.4) is 0 Å². The molecule has 0 unspecified atom stereocenters. The van der Waals surface area contributed by atoms with Crippen LogP contribution in [0.25, 0.3) is 0 Å². The number of rotatable bonds is 7. The number of aryl methyl sites for hydroxylation is 1. The van der Waals surface area contributed by atoms with E-state index in [1.54, 1.807) is 7.11 Å². The van der Waals surface area contributed by atoms with Crippen LogP contribution in [0.1, 0.15) is 12.7 Å². The minimum Gasteiger partial charge on any atom is -0.381 e. The summed E-state index contributed by atoms with van der Waals surface area (Å²) in [5, 5.41) is 0. The van der Waals surface area contributed by atoms with Crippen molar-refractivity contribution in [2.75, 3.05) is 25.7 Å². The average Bonchev–Trinajstić information content (AvgIpc) is 2.65. The number of hydrogen-bond donors (Lipinski definition) is 0. The summed E-state index contributed by atoms with van der Waals surface area (Å²) in [4.78, 5) is 0. The highest BCUT2D eigenvalue weighted by molar-refractivity contribution is 7.98. The number of thioether (sulfide) groups is 1. The van der Waals surface area contributed by atoms with Gasteiger partial charge in [0, 0.05) is 19.3 Å². The lowest BCUT2D eigenvalue weighted by molar-refractivity contribution is -0.705. The molecule has 4 heteroatoms. The van der Waals surface area contributed by atoms with Gasteiger partial charge in [0.2, 0.25) is 0 Å². The van der Waals surface area contributed by atoms with E-state index in [9.17, 15) is 0 Å². The molecule has 0 radical (unpaired) electrons. The van der Waals surface area contributed by atoms with Crippen LogP contribution in [0.2, 0.25) is 0 Å². The molecule has 0 aliphatic carbocycles. The Morgan fingerprint density at radius 1 is 1.53 bits per heavy atom. The lowest BCUT2D eigenvalue weighted by Crippen LogP contribution is -2.39. The molecule has 1 aromatic heterocycles. The Bertz CT molecular complexity index is 261. The number of methoxy groups -OCH3 is 1. The number of aromatic nitrogens is 2.